The number of hydrogen-bond donors (Lipinski definition) is 0. The lowest BCUT2D eigenvalue weighted by Crippen LogP contribution is -2.10. The van der Waals surface area contributed by atoms with Crippen LogP contribution in [0.15, 0.2) is 36.4 Å². The van der Waals surface area contributed by atoms with Crippen LogP contribution >= 0.6 is 11.6 Å². The average molecular weight is 359 g/mol. The molecule has 0 aliphatic rings. The third kappa shape index (κ3) is 4.00. The van der Waals surface area contributed by atoms with Gasteiger partial charge in [0.1, 0.15) is 18.1 Å². The quantitative estimate of drug-likeness (QED) is 0.693. The molecule has 0 N–H and O–H groups in total. The van der Waals surface area contributed by atoms with Gasteiger partial charge in [-0.1, -0.05) is 23.7 Å². The molecule has 0 amide bonds. The highest BCUT2D eigenvalue weighted by Gasteiger charge is 2.35. The maximum absolute atomic E-state index is 13.0. The highest BCUT2D eigenvalue weighted by atomic mass is 35.5. The Kier molecular flexibility index (Phi) is 5.39. The lowest BCUT2D eigenvalue weighted by atomic mass is 10.1. The summed E-state index contributed by atoms with van der Waals surface area (Å²) in [6.07, 6.45) is -4.63. The van der Waals surface area contributed by atoms with E-state index in [4.69, 9.17) is 21.1 Å². The summed E-state index contributed by atoms with van der Waals surface area (Å²) in [6.45, 7) is 1.20. The molecule has 0 fully saturated rings. The minimum Gasteiger partial charge on any atom is -0.497 e. The van der Waals surface area contributed by atoms with Gasteiger partial charge in [-0.3, -0.25) is 4.79 Å². The number of Topliss-reactive ketones (excluding diaryl/α,β-unsaturated/α-hetero) is 1. The van der Waals surface area contributed by atoms with Gasteiger partial charge in [0.25, 0.3) is 0 Å². The highest BCUT2D eigenvalue weighted by molar-refractivity contribution is 6.33. The van der Waals surface area contributed by atoms with E-state index in [-0.39, 0.29) is 17.9 Å². The van der Waals surface area contributed by atoms with Crippen LogP contribution < -0.4 is 9.47 Å². The Morgan fingerprint density at radius 1 is 1.12 bits per heavy atom. The third-order valence-corrected chi connectivity index (χ3v) is 3.70. The monoisotopic (exact) mass is 358 g/mol. The second-order valence-corrected chi connectivity index (χ2v) is 5.37. The number of halogens is 4. The lowest BCUT2D eigenvalue weighted by molar-refractivity contribution is -0.137. The molecule has 2 aromatic rings. The largest absolute Gasteiger partial charge is 0.497 e. The fraction of sp³-hybridized carbons (Fsp3) is 0.235. The zero-order chi connectivity index (χ0) is 17.9. The van der Waals surface area contributed by atoms with Gasteiger partial charge in [-0.25, -0.2) is 0 Å². The summed E-state index contributed by atoms with van der Waals surface area (Å²) in [5.41, 5.74) is -0.348. The van der Waals surface area contributed by atoms with Crippen molar-refractivity contribution in [2.75, 3.05) is 7.11 Å². The van der Waals surface area contributed by atoms with Crippen LogP contribution in [0.2, 0.25) is 5.02 Å². The molecule has 0 saturated carbocycles. The van der Waals surface area contributed by atoms with Crippen LogP contribution in [-0.2, 0) is 12.8 Å². The van der Waals surface area contributed by atoms with E-state index in [1.165, 1.54) is 14.0 Å². The molecule has 0 saturated heterocycles. The fourth-order valence-electron chi connectivity index (χ4n) is 2.07. The van der Waals surface area contributed by atoms with Gasteiger partial charge in [-0.2, -0.15) is 13.2 Å². The first-order chi connectivity index (χ1) is 11.2. The van der Waals surface area contributed by atoms with Crippen molar-refractivity contribution in [3.8, 4) is 11.5 Å². The van der Waals surface area contributed by atoms with Gasteiger partial charge in [0.05, 0.1) is 23.3 Å². The van der Waals surface area contributed by atoms with E-state index in [0.29, 0.717) is 11.3 Å². The Morgan fingerprint density at radius 2 is 1.75 bits per heavy atom. The molecule has 0 heterocycles. The Hall–Kier alpha value is -2.21. The summed E-state index contributed by atoms with van der Waals surface area (Å²) in [7, 11) is 1.52. The van der Waals surface area contributed by atoms with Crippen molar-refractivity contribution < 1.29 is 27.4 Å². The van der Waals surface area contributed by atoms with Crippen LogP contribution in [0.25, 0.3) is 0 Å². The van der Waals surface area contributed by atoms with Crippen molar-refractivity contribution in [1.82, 2.24) is 0 Å². The second-order valence-electron chi connectivity index (χ2n) is 4.99. The summed E-state index contributed by atoms with van der Waals surface area (Å²) in [4.78, 5) is 11.6. The van der Waals surface area contributed by atoms with Gasteiger partial charge in [0, 0.05) is 0 Å². The highest BCUT2D eigenvalue weighted by Crippen LogP contribution is 2.41. The Labute approximate surface area is 142 Å². The normalized spacial score (nSPS) is 11.2. The first kappa shape index (κ1) is 18.1. The molecular formula is C17H14ClF3O3. The number of carbonyl (C=O) groups excluding carboxylic acids is 1. The van der Waals surface area contributed by atoms with Gasteiger partial charge < -0.3 is 9.47 Å². The minimum atomic E-state index is -4.63. The summed E-state index contributed by atoms with van der Waals surface area (Å²) in [5.74, 6) is -0.0644. The molecule has 24 heavy (non-hydrogen) atoms. The van der Waals surface area contributed by atoms with Crippen LogP contribution in [-0.4, -0.2) is 12.9 Å². The maximum Gasteiger partial charge on any atom is 0.417 e. The zero-order valence-electron chi connectivity index (χ0n) is 12.9. The number of carbonyl (C=O) groups is 1. The molecule has 7 heteroatoms. The van der Waals surface area contributed by atoms with Crippen molar-refractivity contribution in [3.63, 3.8) is 0 Å². The van der Waals surface area contributed by atoms with E-state index in [2.05, 4.69) is 0 Å². The van der Waals surface area contributed by atoms with E-state index < -0.39 is 22.5 Å². The molecule has 0 radical (unpaired) electrons. The Balaban J connectivity index is 2.34. The van der Waals surface area contributed by atoms with Gasteiger partial charge in [0.15, 0.2) is 5.78 Å². The molecule has 0 bridgehead atoms. The van der Waals surface area contributed by atoms with E-state index >= 15 is 0 Å². The molecule has 0 aromatic heterocycles. The number of ether oxygens (including phenoxy) is 2. The van der Waals surface area contributed by atoms with Gasteiger partial charge >= 0.3 is 6.18 Å². The Bertz CT molecular complexity index is 740. The molecule has 0 aliphatic carbocycles. The van der Waals surface area contributed by atoms with Crippen molar-refractivity contribution in [2.45, 2.75) is 19.7 Å². The predicted octanol–water partition coefficient (Wildman–Crippen LogP) is 5.15. The van der Waals surface area contributed by atoms with Crippen molar-refractivity contribution in [2.24, 2.45) is 0 Å². The van der Waals surface area contributed by atoms with E-state index in [1.807, 2.05) is 0 Å². The van der Waals surface area contributed by atoms with Crippen molar-refractivity contribution >= 4 is 17.4 Å². The average Bonchev–Trinajstić information content (AvgIpc) is 2.52. The van der Waals surface area contributed by atoms with Crippen molar-refractivity contribution in [1.29, 1.82) is 0 Å². The number of ketones is 1. The molecule has 2 rings (SSSR count). The number of methoxy groups -OCH3 is 1. The summed E-state index contributed by atoms with van der Waals surface area (Å²) < 4.78 is 49.4. The lowest BCUT2D eigenvalue weighted by Gasteiger charge is -2.16. The van der Waals surface area contributed by atoms with E-state index in [1.54, 1.807) is 24.3 Å². The van der Waals surface area contributed by atoms with Crippen molar-refractivity contribution in [3.05, 3.63) is 58.1 Å². The maximum atomic E-state index is 13.0. The SMILES string of the molecule is COc1ccc(COc2c(C(C)=O)ccc(C(F)(F)F)c2Cl)cc1. The zero-order valence-corrected chi connectivity index (χ0v) is 13.7. The second kappa shape index (κ2) is 7.13. The number of benzene rings is 2. The first-order valence-corrected chi connectivity index (χ1v) is 7.28. The third-order valence-electron chi connectivity index (χ3n) is 3.32. The molecule has 0 atom stereocenters. The summed E-state index contributed by atoms with van der Waals surface area (Å²) >= 11 is 5.84. The topological polar surface area (TPSA) is 35.5 Å². The molecule has 0 spiro atoms. The number of rotatable bonds is 5. The molecule has 128 valence electrons. The van der Waals surface area contributed by atoms with Crippen LogP contribution in [0.1, 0.15) is 28.4 Å². The number of hydrogen-bond acceptors (Lipinski definition) is 3. The van der Waals surface area contributed by atoms with E-state index in [0.717, 1.165) is 12.1 Å². The Morgan fingerprint density at radius 3 is 2.25 bits per heavy atom. The van der Waals surface area contributed by atoms with Gasteiger partial charge in [-0.05, 0) is 36.8 Å². The fourth-order valence-corrected chi connectivity index (χ4v) is 2.40. The van der Waals surface area contributed by atoms with Gasteiger partial charge in [-0.15, -0.1) is 0 Å². The van der Waals surface area contributed by atoms with Crippen LogP contribution in [0, 0.1) is 0 Å². The molecule has 2 aromatic carbocycles. The van der Waals surface area contributed by atoms with Crippen LogP contribution in [0.3, 0.4) is 0 Å². The van der Waals surface area contributed by atoms with Crippen LogP contribution in [0.4, 0.5) is 13.2 Å². The summed E-state index contributed by atoms with van der Waals surface area (Å²) in [6, 6.07) is 8.64. The molecule has 0 unspecified atom stereocenters. The smallest absolute Gasteiger partial charge is 0.417 e. The van der Waals surface area contributed by atoms with E-state index in [9.17, 15) is 18.0 Å². The van der Waals surface area contributed by atoms with Crippen LogP contribution in [0.5, 0.6) is 11.5 Å². The standard InChI is InChI=1S/C17H14ClF3O3/c1-10(22)13-7-8-14(17(19,20)21)15(18)16(13)24-9-11-3-5-12(23-2)6-4-11/h3-8H,9H2,1-2H3. The predicted molar refractivity (Wildman–Crippen MR) is 83.8 cm³/mol. The molecule has 3 nitrogen and oxygen atoms in total. The molecular weight excluding hydrogens is 345 g/mol. The minimum absolute atomic E-state index is 0.00140. The van der Waals surface area contributed by atoms with Gasteiger partial charge in [0.2, 0.25) is 0 Å². The summed E-state index contributed by atoms with van der Waals surface area (Å²) in [5, 5.41) is -0.622. The first-order valence-electron chi connectivity index (χ1n) is 6.90. The molecule has 0 aliphatic heterocycles. The number of alkyl halides is 3.